The molecule has 2 heterocycles. The Morgan fingerprint density at radius 2 is 2.06 bits per heavy atom. The van der Waals surface area contributed by atoms with E-state index in [-0.39, 0.29) is 0 Å². The fraction of sp³-hybridized carbons (Fsp3) is 0.643. The van der Waals surface area contributed by atoms with Crippen LogP contribution in [0.15, 0.2) is 12.1 Å². The van der Waals surface area contributed by atoms with Crippen LogP contribution in [0.5, 0.6) is 5.75 Å². The molecule has 2 rings (SSSR count). The molecule has 0 spiro atoms. The van der Waals surface area contributed by atoms with Gasteiger partial charge in [-0.25, -0.2) is 0 Å². The van der Waals surface area contributed by atoms with Gasteiger partial charge >= 0.3 is 0 Å². The molecule has 1 fully saturated rings. The molecule has 1 saturated heterocycles. The van der Waals surface area contributed by atoms with Gasteiger partial charge in [0, 0.05) is 18.8 Å². The highest BCUT2D eigenvalue weighted by molar-refractivity contribution is 5.29. The minimum Gasteiger partial charge on any atom is -0.490 e. The van der Waals surface area contributed by atoms with Gasteiger partial charge in [-0.3, -0.25) is 9.88 Å². The van der Waals surface area contributed by atoms with Gasteiger partial charge in [0.15, 0.2) is 0 Å². The van der Waals surface area contributed by atoms with Crippen LogP contribution in [0.3, 0.4) is 0 Å². The van der Waals surface area contributed by atoms with E-state index in [1.54, 1.807) is 0 Å². The quantitative estimate of drug-likeness (QED) is 0.863. The summed E-state index contributed by atoms with van der Waals surface area (Å²) >= 11 is 0. The fourth-order valence-electron chi connectivity index (χ4n) is 2.34. The van der Waals surface area contributed by atoms with E-state index in [1.807, 2.05) is 19.1 Å². The maximum absolute atomic E-state index is 5.80. The summed E-state index contributed by atoms with van der Waals surface area (Å²) in [6.07, 6.45) is 4.01. The predicted molar refractivity (Wildman–Crippen MR) is 72.7 cm³/mol. The molecule has 1 aliphatic rings. The molecule has 4 nitrogen and oxygen atoms in total. The van der Waals surface area contributed by atoms with E-state index in [0.717, 1.165) is 30.3 Å². The van der Waals surface area contributed by atoms with Crippen LogP contribution in [0.4, 0.5) is 0 Å². The molecule has 0 aromatic carbocycles. The summed E-state index contributed by atoms with van der Waals surface area (Å²) in [5, 5.41) is 0. The van der Waals surface area contributed by atoms with Crippen LogP contribution >= 0.6 is 0 Å². The molecular weight excluding hydrogens is 226 g/mol. The number of pyridine rings is 1. The zero-order valence-corrected chi connectivity index (χ0v) is 11.2. The van der Waals surface area contributed by atoms with Crippen LogP contribution in [0, 0.1) is 6.92 Å². The summed E-state index contributed by atoms with van der Waals surface area (Å²) in [7, 11) is 0. The topological polar surface area (TPSA) is 51.4 Å². The standard InChI is InChI=1S/C14H23N3O/c1-12-5-6-14(13(11-15)16-12)18-10-9-17-7-3-2-4-8-17/h5-6H,2-4,7-11,15H2,1H3. The number of hydrogen-bond acceptors (Lipinski definition) is 4. The van der Waals surface area contributed by atoms with Crippen molar-refractivity contribution in [3.8, 4) is 5.75 Å². The van der Waals surface area contributed by atoms with E-state index >= 15 is 0 Å². The van der Waals surface area contributed by atoms with Gasteiger partial charge in [0.1, 0.15) is 12.4 Å². The Bertz CT molecular complexity index is 375. The first-order valence-electron chi connectivity index (χ1n) is 6.81. The molecule has 0 saturated carbocycles. The highest BCUT2D eigenvalue weighted by atomic mass is 16.5. The molecular formula is C14H23N3O. The molecule has 100 valence electrons. The third-order valence-corrected chi connectivity index (χ3v) is 3.38. The molecule has 1 aromatic heterocycles. The fourth-order valence-corrected chi connectivity index (χ4v) is 2.34. The maximum Gasteiger partial charge on any atom is 0.142 e. The van der Waals surface area contributed by atoms with Crippen LogP contribution in [0.1, 0.15) is 30.7 Å². The normalized spacial score (nSPS) is 16.8. The smallest absolute Gasteiger partial charge is 0.142 e. The van der Waals surface area contributed by atoms with Gasteiger partial charge in [0.25, 0.3) is 0 Å². The first-order valence-corrected chi connectivity index (χ1v) is 6.81. The Balaban J connectivity index is 1.82. The van der Waals surface area contributed by atoms with Crippen molar-refractivity contribution in [3.05, 3.63) is 23.5 Å². The Labute approximate surface area is 109 Å². The monoisotopic (exact) mass is 249 g/mol. The van der Waals surface area contributed by atoms with E-state index in [2.05, 4.69) is 9.88 Å². The Morgan fingerprint density at radius 1 is 1.28 bits per heavy atom. The summed E-state index contributed by atoms with van der Waals surface area (Å²) in [6.45, 7) is 6.53. The summed E-state index contributed by atoms with van der Waals surface area (Å²) in [5.74, 6) is 0.833. The first kappa shape index (κ1) is 13.3. The summed E-state index contributed by atoms with van der Waals surface area (Å²) < 4.78 is 5.80. The highest BCUT2D eigenvalue weighted by Gasteiger charge is 2.10. The van der Waals surface area contributed by atoms with Crippen molar-refractivity contribution in [2.24, 2.45) is 5.73 Å². The van der Waals surface area contributed by atoms with Crippen molar-refractivity contribution in [2.75, 3.05) is 26.2 Å². The second-order valence-electron chi connectivity index (χ2n) is 4.85. The van der Waals surface area contributed by atoms with Gasteiger partial charge in [0.05, 0.1) is 5.69 Å². The SMILES string of the molecule is Cc1ccc(OCCN2CCCCC2)c(CN)n1. The number of likely N-dealkylation sites (tertiary alicyclic amines) is 1. The van der Waals surface area contributed by atoms with Gasteiger partial charge < -0.3 is 10.5 Å². The van der Waals surface area contributed by atoms with Crippen molar-refractivity contribution in [1.82, 2.24) is 9.88 Å². The summed E-state index contributed by atoms with van der Waals surface area (Å²) in [5.41, 5.74) is 7.52. The number of piperidine rings is 1. The third kappa shape index (κ3) is 3.68. The van der Waals surface area contributed by atoms with E-state index in [9.17, 15) is 0 Å². The molecule has 0 radical (unpaired) electrons. The predicted octanol–water partition coefficient (Wildman–Crippen LogP) is 1.71. The van der Waals surface area contributed by atoms with Crippen LogP contribution < -0.4 is 10.5 Å². The Hall–Kier alpha value is -1.13. The van der Waals surface area contributed by atoms with Crippen molar-refractivity contribution >= 4 is 0 Å². The van der Waals surface area contributed by atoms with Crippen LogP contribution in [0.25, 0.3) is 0 Å². The number of nitrogens with two attached hydrogens (primary N) is 1. The highest BCUT2D eigenvalue weighted by Crippen LogP contribution is 2.16. The summed E-state index contributed by atoms with van der Waals surface area (Å²) in [6, 6.07) is 3.94. The molecule has 1 aromatic rings. The van der Waals surface area contributed by atoms with E-state index in [1.165, 1.54) is 32.4 Å². The van der Waals surface area contributed by atoms with Crippen LogP contribution in [-0.2, 0) is 6.54 Å². The van der Waals surface area contributed by atoms with E-state index in [4.69, 9.17) is 10.5 Å². The lowest BCUT2D eigenvalue weighted by Crippen LogP contribution is -2.33. The molecule has 0 atom stereocenters. The number of aromatic nitrogens is 1. The molecule has 2 N–H and O–H groups in total. The van der Waals surface area contributed by atoms with Crippen molar-refractivity contribution in [2.45, 2.75) is 32.7 Å². The first-order chi connectivity index (χ1) is 8.79. The van der Waals surface area contributed by atoms with Crippen molar-refractivity contribution in [1.29, 1.82) is 0 Å². The lowest BCUT2D eigenvalue weighted by molar-refractivity contribution is 0.182. The second kappa shape index (κ2) is 6.71. The maximum atomic E-state index is 5.80. The zero-order valence-electron chi connectivity index (χ0n) is 11.2. The van der Waals surface area contributed by atoms with E-state index in [0.29, 0.717) is 6.54 Å². The van der Waals surface area contributed by atoms with Crippen LogP contribution in [-0.4, -0.2) is 36.1 Å². The zero-order chi connectivity index (χ0) is 12.8. The molecule has 0 bridgehead atoms. The minimum absolute atomic E-state index is 0.431. The molecule has 4 heteroatoms. The molecule has 0 unspecified atom stereocenters. The van der Waals surface area contributed by atoms with Gasteiger partial charge in [-0.05, 0) is 45.0 Å². The van der Waals surface area contributed by atoms with Crippen molar-refractivity contribution in [3.63, 3.8) is 0 Å². The van der Waals surface area contributed by atoms with Crippen LogP contribution in [0.2, 0.25) is 0 Å². The molecule has 0 amide bonds. The lowest BCUT2D eigenvalue weighted by atomic mass is 10.1. The number of aryl methyl sites for hydroxylation is 1. The van der Waals surface area contributed by atoms with E-state index < -0.39 is 0 Å². The number of rotatable bonds is 5. The number of hydrogen-bond donors (Lipinski definition) is 1. The van der Waals surface area contributed by atoms with Gasteiger partial charge in [0.2, 0.25) is 0 Å². The minimum atomic E-state index is 0.431. The second-order valence-corrected chi connectivity index (χ2v) is 4.85. The largest absolute Gasteiger partial charge is 0.490 e. The Kier molecular flexibility index (Phi) is 4.96. The molecule has 0 aliphatic carbocycles. The van der Waals surface area contributed by atoms with Gasteiger partial charge in [-0.1, -0.05) is 6.42 Å². The lowest BCUT2D eigenvalue weighted by Gasteiger charge is -2.26. The third-order valence-electron chi connectivity index (χ3n) is 3.38. The Morgan fingerprint density at radius 3 is 2.78 bits per heavy atom. The molecule has 1 aliphatic heterocycles. The average molecular weight is 249 g/mol. The van der Waals surface area contributed by atoms with Gasteiger partial charge in [-0.2, -0.15) is 0 Å². The summed E-state index contributed by atoms with van der Waals surface area (Å²) in [4.78, 5) is 6.86. The van der Waals surface area contributed by atoms with Gasteiger partial charge in [-0.15, -0.1) is 0 Å². The number of nitrogens with zero attached hydrogens (tertiary/aromatic N) is 2. The number of ether oxygens (including phenoxy) is 1. The van der Waals surface area contributed by atoms with Crippen molar-refractivity contribution < 1.29 is 4.74 Å². The molecule has 18 heavy (non-hydrogen) atoms. The average Bonchev–Trinajstić information content (AvgIpc) is 2.41.